The van der Waals surface area contributed by atoms with Gasteiger partial charge in [-0.2, -0.15) is 0 Å². The molecule has 0 bridgehead atoms. The van der Waals surface area contributed by atoms with Gasteiger partial charge in [-0.3, -0.25) is 0 Å². The minimum Gasteiger partial charge on any atom is -0.0877 e. The van der Waals surface area contributed by atoms with Crippen molar-refractivity contribution in [1.29, 1.82) is 0 Å². The number of hydrogen-bond donors (Lipinski definition) is 0. The van der Waals surface area contributed by atoms with Crippen LogP contribution in [-0.4, -0.2) is 0 Å². The van der Waals surface area contributed by atoms with E-state index in [-0.39, 0.29) is 7.43 Å². The van der Waals surface area contributed by atoms with E-state index in [0.29, 0.717) is 0 Å². The molecular weight excluding hydrogens is 180 g/mol. The van der Waals surface area contributed by atoms with Crippen molar-refractivity contribution in [3.05, 3.63) is 59.7 Å². The van der Waals surface area contributed by atoms with Gasteiger partial charge < -0.3 is 0 Å². The van der Waals surface area contributed by atoms with Crippen LogP contribution in [0, 0.1) is 0 Å². The summed E-state index contributed by atoms with van der Waals surface area (Å²) in [6.45, 7) is 4.25. The largest absolute Gasteiger partial charge is 0.0877 e. The molecule has 1 aromatic rings. The van der Waals surface area contributed by atoms with Gasteiger partial charge in [0.15, 0.2) is 0 Å². The third-order valence-corrected chi connectivity index (χ3v) is 2.25. The molecule has 0 spiro atoms. The maximum Gasteiger partial charge on any atom is -0.00641 e. The average Bonchev–Trinajstić information content (AvgIpc) is 2.25. The number of allylic oxidation sites excluding steroid dienone is 4. The molecule has 0 N–H and O–H groups in total. The van der Waals surface area contributed by atoms with Crippen molar-refractivity contribution in [3.8, 4) is 0 Å². The third kappa shape index (κ3) is 5.21. The first-order valence-electron chi connectivity index (χ1n) is 5.21. The molecule has 0 aromatic heterocycles. The van der Waals surface area contributed by atoms with Crippen molar-refractivity contribution < 1.29 is 0 Å². The smallest absolute Gasteiger partial charge is 0.00641 e. The van der Waals surface area contributed by atoms with Gasteiger partial charge in [-0.15, -0.1) is 0 Å². The summed E-state index contributed by atoms with van der Waals surface area (Å²) in [6.07, 6.45) is 8.59. The maximum absolute atomic E-state index is 2.22. The third-order valence-electron chi connectivity index (χ3n) is 2.25. The summed E-state index contributed by atoms with van der Waals surface area (Å²) in [6, 6.07) is 10.6. The first-order chi connectivity index (χ1) is 6.86. The molecule has 0 unspecified atom stereocenters. The fraction of sp³-hybridized carbons (Fsp3) is 0.333. The van der Waals surface area contributed by atoms with Gasteiger partial charge >= 0.3 is 0 Å². The predicted octanol–water partition coefficient (Wildman–Crippen LogP) is 4.78. The lowest BCUT2D eigenvalue weighted by Crippen LogP contribution is -1.88. The van der Waals surface area contributed by atoms with E-state index in [1.54, 1.807) is 0 Å². The minimum atomic E-state index is 0. The summed E-state index contributed by atoms with van der Waals surface area (Å²) in [5.41, 5.74) is 2.87. The molecule has 0 radical (unpaired) electrons. The Hall–Kier alpha value is -1.30. The molecule has 1 aromatic carbocycles. The molecular formula is C15H22. The molecule has 0 aliphatic rings. The number of rotatable bonds is 4. The van der Waals surface area contributed by atoms with Gasteiger partial charge in [0.25, 0.3) is 0 Å². The van der Waals surface area contributed by atoms with Crippen molar-refractivity contribution in [2.24, 2.45) is 0 Å². The molecule has 82 valence electrons. The van der Waals surface area contributed by atoms with Crippen molar-refractivity contribution in [2.45, 2.75) is 34.1 Å². The van der Waals surface area contributed by atoms with Crippen molar-refractivity contribution >= 4 is 0 Å². The summed E-state index contributed by atoms with van der Waals surface area (Å²) in [7, 11) is 0. The van der Waals surface area contributed by atoms with Crippen LogP contribution in [0.3, 0.4) is 0 Å². The Morgan fingerprint density at radius 2 is 1.87 bits per heavy atom. The maximum atomic E-state index is 2.22. The van der Waals surface area contributed by atoms with Crippen molar-refractivity contribution in [2.75, 3.05) is 0 Å². The molecule has 15 heavy (non-hydrogen) atoms. The molecule has 0 fully saturated rings. The van der Waals surface area contributed by atoms with Crippen LogP contribution in [0.25, 0.3) is 0 Å². The van der Waals surface area contributed by atoms with Crippen LogP contribution >= 0.6 is 0 Å². The molecule has 0 aliphatic heterocycles. The van der Waals surface area contributed by atoms with Gasteiger partial charge in [0.05, 0.1) is 0 Å². The Kier molecular flexibility index (Phi) is 7.35. The molecule has 0 saturated carbocycles. The molecule has 0 heteroatoms. The Morgan fingerprint density at radius 3 is 2.40 bits per heavy atom. The molecule has 0 atom stereocenters. The zero-order valence-electron chi connectivity index (χ0n) is 9.03. The highest BCUT2D eigenvalue weighted by Crippen LogP contribution is 2.10. The molecule has 0 amide bonds. The highest BCUT2D eigenvalue weighted by molar-refractivity contribution is 5.23. The summed E-state index contributed by atoms with van der Waals surface area (Å²) in [4.78, 5) is 0. The first kappa shape index (κ1) is 13.7. The normalized spacial score (nSPS) is 11.5. The van der Waals surface area contributed by atoms with Crippen LogP contribution in [0.1, 0.15) is 33.3 Å². The van der Waals surface area contributed by atoms with Crippen molar-refractivity contribution in [3.63, 3.8) is 0 Å². The lowest BCUT2D eigenvalue weighted by molar-refractivity contribution is 1.00. The van der Waals surface area contributed by atoms with Crippen LogP contribution in [-0.2, 0) is 6.42 Å². The van der Waals surface area contributed by atoms with Crippen LogP contribution < -0.4 is 0 Å². The van der Waals surface area contributed by atoms with E-state index in [4.69, 9.17) is 0 Å². The van der Waals surface area contributed by atoms with Gasteiger partial charge in [-0.25, -0.2) is 0 Å². The van der Waals surface area contributed by atoms with Crippen LogP contribution in [0.5, 0.6) is 0 Å². The van der Waals surface area contributed by atoms with Gasteiger partial charge in [-0.05, 0) is 25.3 Å². The second kappa shape index (κ2) is 8.05. The quantitative estimate of drug-likeness (QED) is 0.616. The number of hydrogen-bond acceptors (Lipinski definition) is 0. The van der Waals surface area contributed by atoms with Crippen LogP contribution in [0.4, 0.5) is 0 Å². The average molecular weight is 202 g/mol. The summed E-state index contributed by atoms with van der Waals surface area (Å²) >= 11 is 0. The second-order valence-corrected chi connectivity index (χ2v) is 3.37. The lowest BCUT2D eigenvalue weighted by Gasteiger charge is -2.03. The Morgan fingerprint density at radius 1 is 1.20 bits per heavy atom. The summed E-state index contributed by atoms with van der Waals surface area (Å²) in [5, 5.41) is 0. The fourth-order valence-electron chi connectivity index (χ4n) is 1.39. The van der Waals surface area contributed by atoms with E-state index in [0.717, 1.165) is 12.8 Å². The minimum absolute atomic E-state index is 0. The second-order valence-electron chi connectivity index (χ2n) is 3.37. The number of benzene rings is 1. The molecule has 0 saturated heterocycles. The zero-order valence-corrected chi connectivity index (χ0v) is 9.03. The highest BCUT2D eigenvalue weighted by Gasteiger charge is 1.95. The summed E-state index contributed by atoms with van der Waals surface area (Å²) < 4.78 is 0. The van der Waals surface area contributed by atoms with E-state index in [2.05, 4.69) is 55.5 Å². The van der Waals surface area contributed by atoms with E-state index in [9.17, 15) is 0 Å². The fourth-order valence-corrected chi connectivity index (χ4v) is 1.39. The Bertz CT molecular complexity index is 304. The van der Waals surface area contributed by atoms with E-state index in [1.807, 2.05) is 6.92 Å². The molecule has 0 aliphatic carbocycles. The highest BCUT2D eigenvalue weighted by atomic mass is 14.0. The Labute approximate surface area is 94.3 Å². The van der Waals surface area contributed by atoms with E-state index in [1.165, 1.54) is 11.1 Å². The van der Waals surface area contributed by atoms with Crippen LogP contribution in [0.2, 0.25) is 0 Å². The Balaban J connectivity index is 0.00000196. The predicted molar refractivity (Wildman–Crippen MR) is 70.1 cm³/mol. The van der Waals surface area contributed by atoms with Gasteiger partial charge in [0.2, 0.25) is 0 Å². The van der Waals surface area contributed by atoms with Crippen molar-refractivity contribution in [1.82, 2.24) is 0 Å². The first-order valence-corrected chi connectivity index (χ1v) is 5.21. The molecule has 0 heterocycles. The van der Waals surface area contributed by atoms with Crippen LogP contribution in [0.15, 0.2) is 54.1 Å². The van der Waals surface area contributed by atoms with E-state index < -0.39 is 0 Å². The standard InChI is InChI=1S/C14H18.CH4/c1-3-5-9-13(4-2)12-14-10-7-6-8-11-14;/h3,5-11H,4,12H2,1-2H3;1H4/b5-3-,13-9+;. The lowest BCUT2D eigenvalue weighted by atomic mass is 10.0. The van der Waals surface area contributed by atoms with E-state index >= 15 is 0 Å². The molecule has 0 nitrogen and oxygen atoms in total. The van der Waals surface area contributed by atoms with Gasteiger partial charge in [0.1, 0.15) is 0 Å². The monoisotopic (exact) mass is 202 g/mol. The topological polar surface area (TPSA) is 0 Å². The van der Waals surface area contributed by atoms with Gasteiger partial charge in [-0.1, -0.05) is 68.5 Å². The summed E-state index contributed by atoms with van der Waals surface area (Å²) in [5.74, 6) is 0. The molecule has 1 rings (SSSR count). The van der Waals surface area contributed by atoms with Gasteiger partial charge in [0, 0.05) is 0 Å². The SMILES string of the molecule is C.C/C=C\C=C(/CC)Cc1ccccc1. The zero-order chi connectivity index (χ0) is 10.2.